The minimum Gasteiger partial charge on any atom is -0.351 e. The van der Waals surface area contributed by atoms with Crippen LogP contribution in [0.2, 0.25) is 0 Å². The number of hydrogen-bond acceptors (Lipinski definition) is 2. The lowest BCUT2D eigenvalue weighted by atomic mass is 10.0. The summed E-state index contributed by atoms with van der Waals surface area (Å²) in [6, 6.07) is 0.621. The number of amides is 1. The maximum Gasteiger partial charge on any atom is 0.416 e. The van der Waals surface area contributed by atoms with Gasteiger partial charge in [0.15, 0.2) is 0 Å². The third kappa shape index (κ3) is 5.07. The monoisotopic (exact) mass is 372 g/mol. The molecule has 0 spiro atoms. The Balaban J connectivity index is 2.15. The number of nitrogens with one attached hydrogen (secondary N) is 2. The van der Waals surface area contributed by atoms with Gasteiger partial charge in [-0.2, -0.15) is 13.2 Å². The van der Waals surface area contributed by atoms with E-state index in [9.17, 15) is 35.5 Å². The standard InChI is InChI=1S/C15H15F7N2O/c1-13(16,17)9-2-8(3-10(4-9)15(20,21)22)6-23-12(25)11-5-14(18,19)7-24-11/h2-4,11,24H,5-7H2,1H3,(H,23,25). The molecule has 1 fully saturated rings. The molecular weight excluding hydrogens is 357 g/mol. The second-order valence-electron chi connectivity index (χ2n) is 6.02. The van der Waals surface area contributed by atoms with Crippen LogP contribution in [0.25, 0.3) is 0 Å². The van der Waals surface area contributed by atoms with Crippen molar-refractivity contribution in [2.45, 2.75) is 44.0 Å². The van der Waals surface area contributed by atoms with E-state index in [1.165, 1.54) is 0 Å². The first-order valence-electron chi connectivity index (χ1n) is 7.26. The van der Waals surface area contributed by atoms with Crippen molar-refractivity contribution < 1.29 is 35.5 Å². The minimum atomic E-state index is -4.84. The third-order valence-corrected chi connectivity index (χ3v) is 3.72. The molecule has 1 heterocycles. The maximum atomic E-state index is 13.4. The van der Waals surface area contributed by atoms with Crippen molar-refractivity contribution in [1.82, 2.24) is 10.6 Å². The van der Waals surface area contributed by atoms with Crippen LogP contribution in [-0.2, 0) is 23.4 Å². The Hall–Kier alpha value is -1.84. The van der Waals surface area contributed by atoms with Gasteiger partial charge < -0.3 is 5.32 Å². The van der Waals surface area contributed by atoms with Crippen LogP contribution in [0, 0.1) is 0 Å². The number of rotatable bonds is 4. The molecule has 1 unspecified atom stereocenters. The number of carbonyl (C=O) groups is 1. The average molecular weight is 372 g/mol. The molecule has 0 aliphatic carbocycles. The lowest BCUT2D eigenvalue weighted by Gasteiger charge is -2.17. The van der Waals surface area contributed by atoms with Crippen molar-refractivity contribution in [2.75, 3.05) is 6.54 Å². The van der Waals surface area contributed by atoms with Crippen LogP contribution in [0.15, 0.2) is 18.2 Å². The van der Waals surface area contributed by atoms with Crippen molar-refractivity contribution in [1.29, 1.82) is 0 Å². The van der Waals surface area contributed by atoms with Gasteiger partial charge in [0.25, 0.3) is 11.8 Å². The second-order valence-corrected chi connectivity index (χ2v) is 6.02. The third-order valence-electron chi connectivity index (χ3n) is 3.72. The molecule has 10 heteroatoms. The van der Waals surface area contributed by atoms with Crippen LogP contribution >= 0.6 is 0 Å². The highest BCUT2D eigenvalue weighted by molar-refractivity contribution is 5.82. The van der Waals surface area contributed by atoms with E-state index < -0.39 is 60.6 Å². The highest BCUT2D eigenvalue weighted by Gasteiger charge is 2.42. The van der Waals surface area contributed by atoms with E-state index in [2.05, 4.69) is 10.6 Å². The Bertz CT molecular complexity index is 620. The topological polar surface area (TPSA) is 41.1 Å². The maximum absolute atomic E-state index is 13.4. The fourth-order valence-corrected chi connectivity index (χ4v) is 2.42. The van der Waals surface area contributed by atoms with Gasteiger partial charge in [-0.3, -0.25) is 10.1 Å². The summed E-state index contributed by atoms with van der Waals surface area (Å²) in [6.07, 6.45) is -5.57. The van der Waals surface area contributed by atoms with Crippen LogP contribution in [0.4, 0.5) is 30.7 Å². The van der Waals surface area contributed by atoms with Crippen LogP contribution in [0.5, 0.6) is 0 Å². The van der Waals surface area contributed by atoms with E-state index in [1.54, 1.807) is 0 Å². The lowest BCUT2D eigenvalue weighted by molar-refractivity contribution is -0.137. The van der Waals surface area contributed by atoms with Gasteiger partial charge in [0.2, 0.25) is 5.91 Å². The molecule has 1 aromatic carbocycles. The molecule has 0 saturated carbocycles. The van der Waals surface area contributed by atoms with Gasteiger partial charge in [0.1, 0.15) is 0 Å². The smallest absolute Gasteiger partial charge is 0.351 e. The number of carbonyl (C=O) groups excluding carboxylic acids is 1. The summed E-state index contributed by atoms with van der Waals surface area (Å²) < 4.78 is 91.4. The largest absolute Gasteiger partial charge is 0.416 e. The zero-order valence-electron chi connectivity index (χ0n) is 13.0. The average Bonchev–Trinajstić information content (AvgIpc) is 2.83. The molecule has 1 aliphatic heterocycles. The van der Waals surface area contributed by atoms with Crippen molar-refractivity contribution >= 4 is 5.91 Å². The molecule has 2 rings (SSSR count). The van der Waals surface area contributed by atoms with Crippen molar-refractivity contribution in [3.8, 4) is 0 Å². The Labute approximate surface area is 138 Å². The molecular formula is C15H15F7N2O. The van der Waals surface area contributed by atoms with Crippen molar-refractivity contribution in [3.05, 3.63) is 34.9 Å². The van der Waals surface area contributed by atoms with Gasteiger partial charge in [0, 0.05) is 25.5 Å². The summed E-state index contributed by atoms with van der Waals surface area (Å²) in [4.78, 5) is 11.8. The Morgan fingerprint density at radius 3 is 2.28 bits per heavy atom. The summed E-state index contributed by atoms with van der Waals surface area (Å²) >= 11 is 0. The Morgan fingerprint density at radius 2 is 1.80 bits per heavy atom. The quantitative estimate of drug-likeness (QED) is 0.796. The number of benzene rings is 1. The van der Waals surface area contributed by atoms with Crippen LogP contribution in [-0.4, -0.2) is 24.4 Å². The van der Waals surface area contributed by atoms with Gasteiger partial charge in [-0.05, 0) is 23.8 Å². The molecule has 0 bridgehead atoms. The number of halogens is 7. The first kappa shape index (κ1) is 19.5. The molecule has 1 aromatic rings. The van der Waals surface area contributed by atoms with Crippen LogP contribution in [0.1, 0.15) is 30.0 Å². The van der Waals surface area contributed by atoms with E-state index >= 15 is 0 Å². The van der Waals surface area contributed by atoms with Crippen molar-refractivity contribution in [2.24, 2.45) is 0 Å². The zero-order chi connectivity index (χ0) is 19.0. The molecule has 1 aliphatic rings. The van der Waals surface area contributed by atoms with E-state index in [-0.39, 0.29) is 5.56 Å². The van der Waals surface area contributed by atoms with Gasteiger partial charge in [0.05, 0.1) is 18.2 Å². The molecule has 25 heavy (non-hydrogen) atoms. The highest BCUT2D eigenvalue weighted by Crippen LogP contribution is 2.35. The van der Waals surface area contributed by atoms with Crippen LogP contribution in [0.3, 0.4) is 0 Å². The van der Waals surface area contributed by atoms with Gasteiger partial charge in [-0.25, -0.2) is 17.6 Å². The van der Waals surface area contributed by atoms with Gasteiger partial charge >= 0.3 is 6.18 Å². The number of alkyl halides is 7. The highest BCUT2D eigenvalue weighted by atomic mass is 19.4. The first-order chi connectivity index (χ1) is 11.3. The summed E-state index contributed by atoms with van der Waals surface area (Å²) in [6.45, 7) is -0.716. The number of hydrogen-bond donors (Lipinski definition) is 2. The molecule has 0 radical (unpaired) electrons. The normalized spacial score (nSPS) is 20.6. The fourth-order valence-electron chi connectivity index (χ4n) is 2.42. The van der Waals surface area contributed by atoms with Gasteiger partial charge in [-0.1, -0.05) is 0 Å². The Morgan fingerprint density at radius 1 is 1.20 bits per heavy atom. The zero-order valence-corrected chi connectivity index (χ0v) is 13.0. The summed E-state index contributed by atoms with van der Waals surface area (Å²) in [5.41, 5.74) is -2.33. The lowest BCUT2D eigenvalue weighted by Crippen LogP contribution is -2.40. The first-order valence-corrected chi connectivity index (χ1v) is 7.26. The molecule has 1 amide bonds. The summed E-state index contributed by atoms with van der Waals surface area (Å²) in [5.74, 6) is -7.38. The molecule has 2 N–H and O–H groups in total. The second kappa shape index (κ2) is 6.47. The van der Waals surface area contributed by atoms with Crippen LogP contribution < -0.4 is 10.6 Å². The SMILES string of the molecule is CC(F)(F)c1cc(CNC(=O)C2CC(F)(F)CN2)cc(C(F)(F)F)c1. The van der Waals surface area contributed by atoms with E-state index in [0.717, 1.165) is 6.07 Å². The molecule has 3 nitrogen and oxygen atoms in total. The fraction of sp³-hybridized carbons (Fsp3) is 0.533. The molecule has 0 aromatic heterocycles. The van der Waals surface area contributed by atoms with E-state index in [4.69, 9.17) is 0 Å². The Kier molecular flexibility index (Phi) is 5.04. The predicted molar refractivity (Wildman–Crippen MR) is 74.2 cm³/mol. The summed E-state index contributed by atoms with van der Waals surface area (Å²) in [7, 11) is 0. The summed E-state index contributed by atoms with van der Waals surface area (Å²) in [5, 5.41) is 4.48. The minimum absolute atomic E-state index is 0.204. The molecule has 1 atom stereocenters. The van der Waals surface area contributed by atoms with E-state index in [0.29, 0.717) is 19.1 Å². The van der Waals surface area contributed by atoms with Gasteiger partial charge in [-0.15, -0.1) is 0 Å². The molecule has 1 saturated heterocycles. The molecule has 140 valence electrons. The van der Waals surface area contributed by atoms with Crippen molar-refractivity contribution in [3.63, 3.8) is 0 Å². The van der Waals surface area contributed by atoms with E-state index in [1.807, 2.05) is 0 Å². The predicted octanol–water partition coefficient (Wildman–Crippen LogP) is 3.43.